The predicted molar refractivity (Wildman–Crippen MR) is 81.1 cm³/mol. The summed E-state index contributed by atoms with van der Waals surface area (Å²) in [6.45, 7) is 3.55. The number of likely N-dealkylation sites (tertiary alicyclic amines) is 1. The van der Waals surface area contributed by atoms with E-state index in [-0.39, 0.29) is 11.7 Å². The molecule has 116 valence electrons. The number of rotatable bonds is 5. The molecule has 5 heteroatoms. The number of benzene rings is 1. The van der Waals surface area contributed by atoms with Gasteiger partial charge in [-0.15, -0.1) is 0 Å². The Morgan fingerprint density at radius 3 is 2.76 bits per heavy atom. The van der Waals surface area contributed by atoms with Crippen molar-refractivity contribution in [1.82, 2.24) is 10.2 Å². The summed E-state index contributed by atoms with van der Waals surface area (Å²) in [6, 6.07) is 6.86. The molecule has 1 fully saturated rings. The Morgan fingerprint density at radius 2 is 2.10 bits per heavy atom. The molecule has 1 saturated heterocycles. The number of carbonyl (C=O) groups is 1. The molecule has 2 rings (SSSR count). The molecule has 2 atom stereocenters. The van der Waals surface area contributed by atoms with Gasteiger partial charge in [0.2, 0.25) is 5.91 Å². The van der Waals surface area contributed by atoms with Gasteiger partial charge in [-0.2, -0.15) is 0 Å². The highest BCUT2D eigenvalue weighted by atomic mass is 19.1. The first-order valence-corrected chi connectivity index (χ1v) is 7.57. The van der Waals surface area contributed by atoms with Crippen LogP contribution >= 0.6 is 0 Å². The number of hydrogen-bond acceptors (Lipinski definition) is 3. The standard InChI is InChI=1S/C16H24FN3O/c1-12-3-2-4-15(9-18)20(12)11-16(21)19-10-13-5-7-14(17)8-6-13/h5-8,12,15H,2-4,9-11,18H2,1H3,(H,19,21). The summed E-state index contributed by atoms with van der Waals surface area (Å²) in [5.41, 5.74) is 6.70. The van der Waals surface area contributed by atoms with Crippen molar-refractivity contribution in [2.45, 2.75) is 44.8 Å². The molecule has 1 aliphatic rings. The van der Waals surface area contributed by atoms with E-state index in [1.165, 1.54) is 18.6 Å². The number of nitrogens with one attached hydrogen (secondary N) is 1. The average molecular weight is 293 g/mol. The number of nitrogens with two attached hydrogens (primary N) is 1. The lowest BCUT2D eigenvalue weighted by Crippen LogP contribution is -2.52. The second-order valence-corrected chi connectivity index (χ2v) is 5.74. The van der Waals surface area contributed by atoms with Gasteiger partial charge >= 0.3 is 0 Å². The number of piperidine rings is 1. The van der Waals surface area contributed by atoms with Crippen LogP contribution in [-0.4, -0.2) is 36.0 Å². The molecule has 2 unspecified atom stereocenters. The SMILES string of the molecule is CC1CCCC(CN)N1CC(=O)NCc1ccc(F)cc1. The van der Waals surface area contributed by atoms with Gasteiger partial charge in [0.05, 0.1) is 6.54 Å². The average Bonchev–Trinajstić information content (AvgIpc) is 2.49. The highest BCUT2D eigenvalue weighted by Crippen LogP contribution is 2.21. The van der Waals surface area contributed by atoms with E-state index in [1.54, 1.807) is 12.1 Å². The summed E-state index contributed by atoms with van der Waals surface area (Å²) in [4.78, 5) is 14.3. The Bertz CT molecular complexity index is 463. The minimum absolute atomic E-state index is 0.00785. The first-order chi connectivity index (χ1) is 10.1. The Kier molecular flexibility index (Phi) is 5.70. The van der Waals surface area contributed by atoms with E-state index >= 15 is 0 Å². The lowest BCUT2D eigenvalue weighted by molar-refractivity contribution is -0.124. The van der Waals surface area contributed by atoms with Crippen molar-refractivity contribution >= 4 is 5.91 Å². The van der Waals surface area contributed by atoms with Crippen LogP contribution in [0.1, 0.15) is 31.7 Å². The van der Waals surface area contributed by atoms with Crippen molar-refractivity contribution < 1.29 is 9.18 Å². The van der Waals surface area contributed by atoms with Crippen LogP contribution in [-0.2, 0) is 11.3 Å². The molecular weight excluding hydrogens is 269 g/mol. The van der Waals surface area contributed by atoms with E-state index in [9.17, 15) is 9.18 Å². The van der Waals surface area contributed by atoms with E-state index in [2.05, 4.69) is 17.1 Å². The van der Waals surface area contributed by atoms with Gasteiger partial charge in [0.25, 0.3) is 0 Å². The van der Waals surface area contributed by atoms with Crippen molar-refractivity contribution in [2.24, 2.45) is 5.73 Å². The molecule has 4 nitrogen and oxygen atoms in total. The number of carbonyl (C=O) groups excluding carboxylic acids is 1. The van der Waals surface area contributed by atoms with Crippen molar-refractivity contribution in [2.75, 3.05) is 13.1 Å². The van der Waals surface area contributed by atoms with Crippen molar-refractivity contribution in [3.63, 3.8) is 0 Å². The van der Waals surface area contributed by atoms with Crippen LogP contribution in [0.5, 0.6) is 0 Å². The van der Waals surface area contributed by atoms with Gasteiger partial charge in [-0.05, 0) is 37.5 Å². The Morgan fingerprint density at radius 1 is 1.38 bits per heavy atom. The van der Waals surface area contributed by atoms with Gasteiger partial charge in [-0.25, -0.2) is 4.39 Å². The van der Waals surface area contributed by atoms with E-state index in [0.717, 1.165) is 18.4 Å². The van der Waals surface area contributed by atoms with Gasteiger partial charge < -0.3 is 11.1 Å². The molecule has 1 aromatic carbocycles. The molecule has 0 aliphatic carbocycles. The fourth-order valence-corrected chi connectivity index (χ4v) is 2.90. The van der Waals surface area contributed by atoms with Crippen LogP contribution < -0.4 is 11.1 Å². The number of nitrogens with zero attached hydrogens (tertiary/aromatic N) is 1. The highest BCUT2D eigenvalue weighted by molar-refractivity contribution is 5.78. The van der Waals surface area contributed by atoms with Gasteiger partial charge in [0, 0.05) is 25.2 Å². The summed E-state index contributed by atoms with van der Waals surface area (Å²) in [5.74, 6) is -0.274. The molecule has 0 radical (unpaired) electrons. The molecule has 0 saturated carbocycles. The lowest BCUT2D eigenvalue weighted by Gasteiger charge is -2.39. The molecular formula is C16H24FN3O. The Hall–Kier alpha value is -1.46. The van der Waals surface area contributed by atoms with Crippen LogP contribution in [0.25, 0.3) is 0 Å². The minimum Gasteiger partial charge on any atom is -0.351 e. The fraction of sp³-hybridized carbons (Fsp3) is 0.562. The van der Waals surface area contributed by atoms with Crippen molar-refractivity contribution in [3.05, 3.63) is 35.6 Å². The third-order valence-corrected chi connectivity index (χ3v) is 4.20. The lowest BCUT2D eigenvalue weighted by atomic mass is 9.96. The molecule has 1 amide bonds. The van der Waals surface area contributed by atoms with E-state index in [0.29, 0.717) is 31.7 Å². The third-order valence-electron chi connectivity index (χ3n) is 4.20. The summed E-state index contributed by atoms with van der Waals surface area (Å²) in [5, 5.41) is 2.89. The zero-order valence-corrected chi connectivity index (χ0v) is 12.5. The zero-order valence-electron chi connectivity index (χ0n) is 12.5. The van der Waals surface area contributed by atoms with Crippen LogP contribution in [0.3, 0.4) is 0 Å². The summed E-state index contributed by atoms with van der Waals surface area (Å²) < 4.78 is 12.8. The fourth-order valence-electron chi connectivity index (χ4n) is 2.90. The third kappa shape index (κ3) is 4.51. The van der Waals surface area contributed by atoms with Crippen LogP contribution in [0.15, 0.2) is 24.3 Å². The first-order valence-electron chi connectivity index (χ1n) is 7.57. The topological polar surface area (TPSA) is 58.4 Å². The predicted octanol–water partition coefficient (Wildman–Crippen LogP) is 1.64. The van der Waals surface area contributed by atoms with Crippen LogP contribution in [0.2, 0.25) is 0 Å². The van der Waals surface area contributed by atoms with E-state index in [1.807, 2.05) is 0 Å². The minimum atomic E-state index is -0.266. The maximum absolute atomic E-state index is 12.8. The van der Waals surface area contributed by atoms with Crippen LogP contribution in [0.4, 0.5) is 4.39 Å². The molecule has 1 aliphatic heterocycles. The molecule has 3 N–H and O–H groups in total. The summed E-state index contributed by atoms with van der Waals surface area (Å²) in [6.07, 6.45) is 3.35. The Labute approximate surface area is 125 Å². The second kappa shape index (κ2) is 7.52. The molecule has 1 heterocycles. The molecule has 0 aromatic heterocycles. The van der Waals surface area contributed by atoms with Crippen molar-refractivity contribution in [3.8, 4) is 0 Å². The summed E-state index contributed by atoms with van der Waals surface area (Å²) >= 11 is 0. The maximum Gasteiger partial charge on any atom is 0.234 e. The second-order valence-electron chi connectivity index (χ2n) is 5.74. The smallest absolute Gasteiger partial charge is 0.234 e. The monoisotopic (exact) mass is 293 g/mol. The molecule has 1 aromatic rings. The molecule has 0 spiro atoms. The van der Waals surface area contributed by atoms with E-state index < -0.39 is 0 Å². The normalized spacial score (nSPS) is 23.0. The highest BCUT2D eigenvalue weighted by Gasteiger charge is 2.28. The largest absolute Gasteiger partial charge is 0.351 e. The van der Waals surface area contributed by atoms with Gasteiger partial charge in [-0.1, -0.05) is 18.6 Å². The van der Waals surface area contributed by atoms with Crippen molar-refractivity contribution in [1.29, 1.82) is 0 Å². The Balaban J connectivity index is 1.84. The molecule has 0 bridgehead atoms. The zero-order chi connectivity index (χ0) is 15.2. The number of amides is 1. The summed E-state index contributed by atoms with van der Waals surface area (Å²) in [7, 11) is 0. The van der Waals surface area contributed by atoms with E-state index in [4.69, 9.17) is 5.73 Å². The first kappa shape index (κ1) is 15.9. The van der Waals surface area contributed by atoms with Gasteiger partial charge in [-0.3, -0.25) is 9.69 Å². The number of hydrogen-bond donors (Lipinski definition) is 2. The maximum atomic E-state index is 12.8. The van der Waals surface area contributed by atoms with Gasteiger partial charge in [0.15, 0.2) is 0 Å². The number of halogens is 1. The van der Waals surface area contributed by atoms with Crippen LogP contribution in [0, 0.1) is 5.82 Å². The van der Waals surface area contributed by atoms with Gasteiger partial charge in [0.1, 0.15) is 5.82 Å². The molecule has 21 heavy (non-hydrogen) atoms. The quantitative estimate of drug-likeness (QED) is 0.868.